The second-order valence-electron chi connectivity index (χ2n) is 9.13. The molecule has 5 heteroatoms. The van der Waals surface area contributed by atoms with Gasteiger partial charge in [-0.3, -0.25) is 9.69 Å². The van der Waals surface area contributed by atoms with Crippen molar-refractivity contribution in [2.45, 2.75) is 33.2 Å². The SMILES string of the molecule is CC(Nc1ccc(CN2CCc3ccc(C)cc3CC2)cc1)=C1C(=O)Nc2ccc(N)cc21. The molecule has 2 aliphatic rings. The van der Waals surface area contributed by atoms with E-state index < -0.39 is 0 Å². The molecule has 1 amide bonds. The van der Waals surface area contributed by atoms with E-state index in [0.29, 0.717) is 11.3 Å². The van der Waals surface area contributed by atoms with Gasteiger partial charge in [0.25, 0.3) is 5.91 Å². The molecule has 3 aromatic rings. The zero-order valence-electron chi connectivity index (χ0n) is 19.2. The van der Waals surface area contributed by atoms with Crippen LogP contribution in [0.1, 0.15) is 34.7 Å². The number of carbonyl (C=O) groups is 1. The number of hydrogen-bond donors (Lipinski definition) is 3. The summed E-state index contributed by atoms with van der Waals surface area (Å²) in [6.07, 6.45) is 2.22. The number of hydrogen-bond acceptors (Lipinski definition) is 4. The van der Waals surface area contributed by atoms with Crippen LogP contribution in [0.3, 0.4) is 0 Å². The van der Waals surface area contributed by atoms with E-state index in [9.17, 15) is 4.79 Å². The number of nitrogens with zero attached hydrogens (tertiary/aromatic N) is 1. The summed E-state index contributed by atoms with van der Waals surface area (Å²) in [7, 11) is 0. The molecule has 33 heavy (non-hydrogen) atoms. The van der Waals surface area contributed by atoms with E-state index >= 15 is 0 Å². The molecule has 2 heterocycles. The number of allylic oxidation sites excluding steroid dienone is 1. The summed E-state index contributed by atoms with van der Waals surface area (Å²) in [5.74, 6) is -0.102. The van der Waals surface area contributed by atoms with E-state index in [-0.39, 0.29) is 5.91 Å². The maximum absolute atomic E-state index is 12.5. The van der Waals surface area contributed by atoms with Gasteiger partial charge in [0, 0.05) is 48.0 Å². The van der Waals surface area contributed by atoms with E-state index in [1.54, 1.807) is 6.07 Å². The molecular formula is C28H30N4O. The van der Waals surface area contributed by atoms with Crippen LogP contribution < -0.4 is 16.4 Å². The van der Waals surface area contributed by atoms with Crippen molar-refractivity contribution >= 4 is 28.5 Å². The maximum Gasteiger partial charge on any atom is 0.258 e. The molecule has 0 bridgehead atoms. The summed E-state index contributed by atoms with van der Waals surface area (Å²) in [5.41, 5.74) is 16.3. The Balaban J connectivity index is 1.26. The number of benzene rings is 3. The van der Waals surface area contributed by atoms with Gasteiger partial charge in [0.05, 0.1) is 5.57 Å². The fourth-order valence-electron chi connectivity index (χ4n) is 4.85. The van der Waals surface area contributed by atoms with E-state index in [4.69, 9.17) is 5.73 Å². The van der Waals surface area contributed by atoms with Crippen LogP contribution in [0.5, 0.6) is 0 Å². The van der Waals surface area contributed by atoms with Crippen molar-refractivity contribution in [1.29, 1.82) is 0 Å². The first kappa shape index (κ1) is 21.3. The van der Waals surface area contributed by atoms with Crippen LogP contribution in [0, 0.1) is 6.92 Å². The number of fused-ring (bicyclic) bond motifs is 2. The van der Waals surface area contributed by atoms with Gasteiger partial charge in [-0.1, -0.05) is 35.9 Å². The van der Waals surface area contributed by atoms with Gasteiger partial charge in [0.1, 0.15) is 0 Å². The first-order valence-corrected chi connectivity index (χ1v) is 11.5. The van der Waals surface area contributed by atoms with Crippen LogP contribution >= 0.6 is 0 Å². The van der Waals surface area contributed by atoms with Gasteiger partial charge in [-0.15, -0.1) is 0 Å². The molecule has 3 aromatic carbocycles. The van der Waals surface area contributed by atoms with Crippen molar-refractivity contribution in [2.75, 3.05) is 29.5 Å². The Bertz CT molecular complexity index is 1240. The molecule has 0 saturated heterocycles. The van der Waals surface area contributed by atoms with Gasteiger partial charge in [0.2, 0.25) is 0 Å². The van der Waals surface area contributed by atoms with Gasteiger partial charge >= 0.3 is 0 Å². The van der Waals surface area contributed by atoms with E-state index in [1.807, 2.05) is 19.1 Å². The summed E-state index contributed by atoms with van der Waals surface area (Å²) in [6, 6.07) is 20.9. The Hall–Kier alpha value is -3.57. The minimum atomic E-state index is -0.102. The van der Waals surface area contributed by atoms with Crippen LogP contribution in [0.4, 0.5) is 17.1 Å². The standard InChI is InChI=1S/C28H30N4O/c1-18-3-6-21-11-13-32(14-12-22(21)15-18)17-20-4-8-24(9-5-20)30-19(2)27-25-16-23(29)7-10-26(25)31-28(27)33/h3-10,15-16,30H,11-14,17,29H2,1-2H3,(H,31,33). The predicted molar refractivity (Wildman–Crippen MR) is 136 cm³/mol. The molecule has 0 spiro atoms. The van der Waals surface area contributed by atoms with E-state index in [0.717, 1.165) is 55.1 Å². The lowest BCUT2D eigenvalue weighted by Crippen LogP contribution is -2.25. The van der Waals surface area contributed by atoms with Gasteiger partial charge in [0.15, 0.2) is 0 Å². The number of carbonyl (C=O) groups excluding carboxylic acids is 1. The molecule has 0 atom stereocenters. The molecule has 0 fully saturated rings. The molecule has 4 N–H and O–H groups in total. The van der Waals surface area contributed by atoms with Gasteiger partial charge in [-0.05, 0) is 73.7 Å². The number of nitrogens with one attached hydrogen (secondary N) is 2. The van der Waals surface area contributed by atoms with Crippen LogP contribution in [0.15, 0.2) is 66.4 Å². The third-order valence-electron chi connectivity index (χ3n) is 6.61. The van der Waals surface area contributed by atoms with Crippen molar-refractivity contribution in [3.63, 3.8) is 0 Å². The highest BCUT2D eigenvalue weighted by Gasteiger charge is 2.26. The molecule has 5 nitrogen and oxygen atoms in total. The van der Waals surface area contributed by atoms with Crippen LogP contribution in [0.25, 0.3) is 5.57 Å². The summed E-state index contributed by atoms with van der Waals surface area (Å²) in [5, 5.41) is 6.31. The summed E-state index contributed by atoms with van der Waals surface area (Å²) < 4.78 is 0. The molecule has 0 unspecified atom stereocenters. The monoisotopic (exact) mass is 438 g/mol. The molecule has 5 rings (SSSR count). The highest BCUT2D eigenvalue weighted by atomic mass is 16.2. The Morgan fingerprint density at radius 2 is 1.76 bits per heavy atom. The Morgan fingerprint density at radius 3 is 2.55 bits per heavy atom. The molecule has 0 saturated carbocycles. The largest absolute Gasteiger partial charge is 0.399 e. The van der Waals surface area contributed by atoms with Crippen LogP contribution in [-0.4, -0.2) is 23.9 Å². The minimum absolute atomic E-state index is 0.102. The Morgan fingerprint density at radius 1 is 1.00 bits per heavy atom. The van der Waals surface area contributed by atoms with Crippen molar-refractivity contribution in [3.8, 4) is 0 Å². The predicted octanol–water partition coefficient (Wildman–Crippen LogP) is 4.97. The first-order chi connectivity index (χ1) is 16.0. The number of nitrogens with two attached hydrogens (primary N) is 1. The zero-order chi connectivity index (χ0) is 22.9. The topological polar surface area (TPSA) is 70.4 Å². The van der Waals surface area contributed by atoms with E-state index in [1.165, 1.54) is 22.3 Å². The third kappa shape index (κ3) is 4.50. The third-order valence-corrected chi connectivity index (χ3v) is 6.61. The number of nitrogen functional groups attached to an aromatic ring is 1. The highest BCUT2D eigenvalue weighted by Crippen LogP contribution is 2.35. The minimum Gasteiger partial charge on any atom is -0.399 e. The molecule has 0 aliphatic carbocycles. The van der Waals surface area contributed by atoms with Gasteiger partial charge in [-0.2, -0.15) is 0 Å². The van der Waals surface area contributed by atoms with Crippen molar-refractivity contribution in [2.24, 2.45) is 0 Å². The fourth-order valence-corrected chi connectivity index (χ4v) is 4.85. The van der Waals surface area contributed by atoms with Crippen molar-refractivity contribution in [3.05, 3.63) is 94.2 Å². The van der Waals surface area contributed by atoms with Crippen LogP contribution in [-0.2, 0) is 24.2 Å². The molecule has 0 aromatic heterocycles. The van der Waals surface area contributed by atoms with E-state index in [2.05, 4.69) is 64.9 Å². The summed E-state index contributed by atoms with van der Waals surface area (Å²) in [6.45, 7) is 7.21. The van der Waals surface area contributed by atoms with Crippen LogP contribution in [0.2, 0.25) is 0 Å². The maximum atomic E-state index is 12.5. The van der Waals surface area contributed by atoms with Crippen molar-refractivity contribution < 1.29 is 4.79 Å². The average molecular weight is 439 g/mol. The smallest absolute Gasteiger partial charge is 0.258 e. The fraction of sp³-hybridized carbons (Fsp3) is 0.250. The lowest BCUT2D eigenvalue weighted by Gasteiger charge is -2.20. The van der Waals surface area contributed by atoms with Crippen molar-refractivity contribution in [1.82, 2.24) is 4.90 Å². The number of anilines is 3. The number of rotatable bonds is 4. The molecule has 168 valence electrons. The lowest BCUT2D eigenvalue weighted by atomic mass is 10.0. The summed E-state index contributed by atoms with van der Waals surface area (Å²) in [4.78, 5) is 15.1. The molecule has 2 aliphatic heterocycles. The highest BCUT2D eigenvalue weighted by molar-refractivity contribution is 6.32. The Kier molecular flexibility index (Phi) is 5.65. The van der Waals surface area contributed by atoms with Gasteiger partial charge in [-0.25, -0.2) is 0 Å². The zero-order valence-corrected chi connectivity index (χ0v) is 19.2. The number of aryl methyl sites for hydroxylation is 1. The van der Waals surface area contributed by atoms with Gasteiger partial charge < -0.3 is 16.4 Å². The molecular weight excluding hydrogens is 408 g/mol. The first-order valence-electron chi connectivity index (χ1n) is 11.5. The second-order valence-corrected chi connectivity index (χ2v) is 9.13. The lowest BCUT2D eigenvalue weighted by molar-refractivity contribution is -0.110. The quantitative estimate of drug-likeness (QED) is 0.397. The average Bonchev–Trinajstić information content (AvgIpc) is 2.99. The second kappa shape index (κ2) is 8.75. The number of amides is 1. The summed E-state index contributed by atoms with van der Waals surface area (Å²) >= 11 is 0. The Labute approximate surface area is 195 Å². The normalized spacial score (nSPS) is 17.1. The molecule has 0 radical (unpaired) electrons.